The quantitative estimate of drug-likeness (QED) is 0.267. The summed E-state index contributed by atoms with van der Waals surface area (Å²) in [7, 11) is 0. The molecule has 0 spiro atoms. The lowest BCUT2D eigenvalue weighted by molar-refractivity contribution is 0.0227. The Bertz CT molecular complexity index is 719. The fourth-order valence-corrected chi connectivity index (χ4v) is 7.67. The molecule has 1 aromatic carbocycles. The van der Waals surface area contributed by atoms with Crippen molar-refractivity contribution in [3.63, 3.8) is 0 Å². The van der Waals surface area contributed by atoms with Gasteiger partial charge in [0, 0.05) is 24.1 Å². The minimum Gasteiger partial charge on any atom is -0.444 e. The van der Waals surface area contributed by atoms with E-state index in [1.807, 2.05) is 43.9 Å². The third-order valence-electron chi connectivity index (χ3n) is 5.89. The topological polar surface area (TPSA) is 38.8 Å². The number of likely N-dealkylation sites (tertiary alicyclic amines) is 1. The summed E-state index contributed by atoms with van der Waals surface area (Å²) in [6, 6.07) is 10.3. The number of rotatable bonds is 11. The highest BCUT2D eigenvalue weighted by Crippen LogP contribution is 2.49. The normalized spacial score (nSPS) is 21.1. The molecular formula is C25H42NO3PS. The molecule has 0 N–H and O–H groups in total. The van der Waals surface area contributed by atoms with Gasteiger partial charge in [-0.25, -0.2) is 4.79 Å². The van der Waals surface area contributed by atoms with E-state index in [-0.39, 0.29) is 12.1 Å². The lowest BCUT2D eigenvalue weighted by Gasteiger charge is -2.34. The van der Waals surface area contributed by atoms with Crippen molar-refractivity contribution in [3.05, 3.63) is 30.3 Å². The molecule has 0 aliphatic carbocycles. The van der Waals surface area contributed by atoms with Gasteiger partial charge in [0.25, 0.3) is 0 Å². The predicted octanol–water partition coefficient (Wildman–Crippen LogP) is 6.73. The molecular weight excluding hydrogens is 425 g/mol. The van der Waals surface area contributed by atoms with E-state index in [1.54, 1.807) is 0 Å². The Labute approximate surface area is 195 Å². The minimum atomic E-state index is -2.26. The molecule has 0 bridgehead atoms. The second kappa shape index (κ2) is 12.4. The van der Waals surface area contributed by atoms with Crippen molar-refractivity contribution in [2.24, 2.45) is 5.92 Å². The summed E-state index contributed by atoms with van der Waals surface area (Å²) in [5, 5.41) is 1.11. The molecule has 3 atom stereocenters. The summed E-state index contributed by atoms with van der Waals surface area (Å²) in [5.41, 5.74) is -0.499. The number of unbranched alkanes of at least 4 members (excludes halogenated alkanes) is 5. The first-order valence-electron chi connectivity index (χ1n) is 11.9. The van der Waals surface area contributed by atoms with Crippen LogP contribution in [0.5, 0.6) is 0 Å². The summed E-state index contributed by atoms with van der Waals surface area (Å²) in [6.45, 7) is 11.6. The zero-order valence-corrected chi connectivity index (χ0v) is 21.9. The molecule has 176 valence electrons. The van der Waals surface area contributed by atoms with Gasteiger partial charge in [-0.15, -0.1) is 0 Å². The Balaban J connectivity index is 2.09. The van der Waals surface area contributed by atoms with Gasteiger partial charge < -0.3 is 14.2 Å². The number of carbonyl (C=O) groups is 1. The molecule has 0 aromatic heterocycles. The molecule has 1 heterocycles. The molecule has 1 saturated heterocycles. The van der Waals surface area contributed by atoms with Crippen molar-refractivity contribution in [2.45, 2.75) is 91.2 Å². The van der Waals surface area contributed by atoms with Gasteiger partial charge in [-0.05, 0) is 39.5 Å². The first kappa shape index (κ1) is 26.4. The molecule has 1 amide bonds. The number of amides is 1. The second-order valence-electron chi connectivity index (χ2n) is 9.80. The highest BCUT2D eigenvalue weighted by atomic mass is 32.4. The summed E-state index contributed by atoms with van der Waals surface area (Å²) in [5.74, 6) is 0.385. The molecule has 1 aromatic rings. The van der Waals surface area contributed by atoms with Crippen molar-refractivity contribution in [1.29, 1.82) is 0 Å². The van der Waals surface area contributed by atoms with E-state index in [2.05, 4.69) is 26.0 Å². The highest BCUT2D eigenvalue weighted by molar-refractivity contribution is 8.15. The van der Waals surface area contributed by atoms with Crippen LogP contribution in [0.4, 0.5) is 4.79 Å². The summed E-state index contributed by atoms with van der Waals surface area (Å²) < 4.78 is 12.2. The number of ether oxygens (including phenoxy) is 1. The second-order valence-corrected chi connectivity index (χ2v) is 14.1. The van der Waals surface area contributed by atoms with E-state index in [1.165, 1.54) is 32.1 Å². The van der Waals surface area contributed by atoms with E-state index in [4.69, 9.17) is 21.1 Å². The van der Waals surface area contributed by atoms with Crippen LogP contribution in [0.15, 0.2) is 30.3 Å². The van der Waals surface area contributed by atoms with Crippen LogP contribution in [0.2, 0.25) is 0 Å². The maximum atomic E-state index is 12.9. The standard InChI is InChI=1S/C25H42NO3PS/c1-6-7-8-9-10-14-19-28-30(31,22-15-12-11-13-16-22)20-23-21(2)17-18-26(23)24(27)29-25(3,4)5/h11-13,15-16,21,23H,6-10,14,17-20H2,1-5H3. The third kappa shape index (κ3) is 8.51. The molecule has 0 saturated carbocycles. The van der Waals surface area contributed by atoms with Gasteiger partial charge in [0.15, 0.2) is 0 Å². The van der Waals surface area contributed by atoms with E-state index < -0.39 is 11.9 Å². The van der Waals surface area contributed by atoms with Gasteiger partial charge in [0.05, 0.1) is 12.9 Å². The van der Waals surface area contributed by atoms with Gasteiger partial charge in [-0.2, -0.15) is 0 Å². The molecule has 1 fully saturated rings. The van der Waals surface area contributed by atoms with Gasteiger partial charge >= 0.3 is 6.09 Å². The fourth-order valence-electron chi connectivity index (χ4n) is 4.06. The minimum absolute atomic E-state index is 0.0606. The summed E-state index contributed by atoms with van der Waals surface area (Å²) in [6.07, 6.45) is 6.56. The molecule has 31 heavy (non-hydrogen) atoms. The Morgan fingerprint density at radius 1 is 1.13 bits per heavy atom. The lowest BCUT2D eigenvalue weighted by Crippen LogP contribution is -2.43. The zero-order chi connectivity index (χ0) is 22.9. The first-order valence-corrected chi connectivity index (χ1v) is 14.9. The monoisotopic (exact) mass is 467 g/mol. The highest BCUT2D eigenvalue weighted by Gasteiger charge is 2.40. The largest absolute Gasteiger partial charge is 0.444 e. The average molecular weight is 468 g/mol. The molecule has 4 nitrogen and oxygen atoms in total. The van der Waals surface area contributed by atoms with Crippen LogP contribution in [0.3, 0.4) is 0 Å². The van der Waals surface area contributed by atoms with Crippen molar-refractivity contribution >= 4 is 29.5 Å². The lowest BCUT2D eigenvalue weighted by atomic mass is 10.1. The van der Waals surface area contributed by atoms with Crippen molar-refractivity contribution in [2.75, 3.05) is 19.3 Å². The van der Waals surface area contributed by atoms with Crippen molar-refractivity contribution < 1.29 is 14.1 Å². The predicted molar refractivity (Wildman–Crippen MR) is 135 cm³/mol. The van der Waals surface area contributed by atoms with Gasteiger partial charge in [-0.3, -0.25) is 0 Å². The number of hydrogen-bond donors (Lipinski definition) is 0. The van der Waals surface area contributed by atoms with Crippen LogP contribution in [0.25, 0.3) is 0 Å². The number of benzene rings is 1. The number of nitrogens with zero attached hydrogens (tertiary/aromatic N) is 1. The van der Waals surface area contributed by atoms with Crippen molar-refractivity contribution in [3.8, 4) is 0 Å². The van der Waals surface area contributed by atoms with Crippen LogP contribution < -0.4 is 5.30 Å². The van der Waals surface area contributed by atoms with E-state index in [9.17, 15) is 4.79 Å². The van der Waals surface area contributed by atoms with Crippen molar-refractivity contribution in [1.82, 2.24) is 4.90 Å². The van der Waals surface area contributed by atoms with Gasteiger partial charge in [0.2, 0.25) is 0 Å². The number of carbonyl (C=O) groups excluding carboxylic acids is 1. The molecule has 3 unspecified atom stereocenters. The zero-order valence-electron chi connectivity index (χ0n) is 20.1. The SMILES string of the molecule is CCCCCCCCOP(=S)(CC1C(C)CCN1C(=O)OC(C)(C)C)c1ccccc1. The van der Waals surface area contributed by atoms with Crippen LogP contribution >= 0.6 is 6.26 Å². The molecule has 0 radical (unpaired) electrons. The van der Waals surface area contributed by atoms with Crippen LogP contribution in [0.1, 0.15) is 79.6 Å². The Morgan fingerprint density at radius 2 is 1.77 bits per heavy atom. The summed E-state index contributed by atoms with van der Waals surface area (Å²) >= 11 is 6.24. The maximum absolute atomic E-state index is 12.9. The Kier molecular flexibility index (Phi) is 10.5. The smallest absolute Gasteiger partial charge is 0.410 e. The van der Waals surface area contributed by atoms with E-state index in [0.717, 1.165) is 24.7 Å². The number of hydrogen-bond acceptors (Lipinski definition) is 4. The Hall–Kier alpha value is -0.900. The van der Waals surface area contributed by atoms with E-state index in [0.29, 0.717) is 18.7 Å². The summed E-state index contributed by atoms with van der Waals surface area (Å²) in [4.78, 5) is 14.8. The maximum Gasteiger partial charge on any atom is 0.410 e. The molecule has 2 rings (SSSR count). The molecule has 6 heteroatoms. The molecule has 1 aliphatic rings. The van der Waals surface area contributed by atoms with Gasteiger partial charge in [0.1, 0.15) is 5.60 Å². The van der Waals surface area contributed by atoms with Crippen LogP contribution in [-0.2, 0) is 21.1 Å². The Morgan fingerprint density at radius 3 is 2.42 bits per heavy atom. The van der Waals surface area contributed by atoms with Gasteiger partial charge in [-0.1, -0.05) is 88.1 Å². The van der Waals surface area contributed by atoms with Crippen LogP contribution in [0, 0.1) is 5.92 Å². The average Bonchev–Trinajstić information content (AvgIpc) is 3.07. The van der Waals surface area contributed by atoms with E-state index >= 15 is 0 Å². The molecule has 1 aliphatic heterocycles. The first-order chi connectivity index (χ1) is 14.7. The third-order valence-corrected chi connectivity index (χ3v) is 9.82. The van der Waals surface area contributed by atoms with Crippen LogP contribution in [-0.4, -0.2) is 41.9 Å². The fraction of sp³-hybridized carbons (Fsp3) is 0.720.